The third-order valence-electron chi connectivity index (χ3n) is 4.14. The molecule has 1 aromatic heterocycles. The molecule has 3 aromatic rings. The Morgan fingerprint density at radius 3 is 2.79 bits per heavy atom. The molecule has 8 heteroatoms. The lowest BCUT2D eigenvalue weighted by atomic mass is 10.2. The maximum absolute atomic E-state index is 12.3. The van der Waals surface area contributed by atoms with Crippen LogP contribution in [-0.4, -0.2) is 21.2 Å². The molecule has 0 N–H and O–H groups in total. The highest BCUT2D eigenvalue weighted by molar-refractivity contribution is 7.98. The van der Waals surface area contributed by atoms with E-state index in [1.807, 2.05) is 18.2 Å². The number of thiazole rings is 1. The summed E-state index contributed by atoms with van der Waals surface area (Å²) in [5.74, 6) is 4.13. The second kappa shape index (κ2) is 10.0. The monoisotopic (exact) mass is 425 g/mol. The molecular formula is C21H19N3O3S2. The van der Waals surface area contributed by atoms with Crippen LogP contribution in [0, 0.1) is 22.5 Å². The third kappa shape index (κ3) is 5.56. The minimum absolute atomic E-state index is 0.0000694. The van der Waals surface area contributed by atoms with E-state index < -0.39 is 4.92 Å². The molecule has 0 saturated carbocycles. The van der Waals surface area contributed by atoms with E-state index in [4.69, 9.17) is 6.42 Å². The molecule has 2 aromatic carbocycles. The summed E-state index contributed by atoms with van der Waals surface area (Å²) in [4.78, 5) is 27.5. The number of rotatable bonds is 8. The van der Waals surface area contributed by atoms with Crippen LogP contribution in [0.1, 0.15) is 18.4 Å². The van der Waals surface area contributed by atoms with Crippen molar-refractivity contribution in [3.63, 3.8) is 0 Å². The maximum Gasteiger partial charge on any atom is 0.270 e. The molecule has 0 fully saturated rings. The fourth-order valence-electron chi connectivity index (χ4n) is 2.76. The van der Waals surface area contributed by atoms with Crippen LogP contribution >= 0.6 is 23.1 Å². The van der Waals surface area contributed by atoms with Crippen molar-refractivity contribution < 1.29 is 9.72 Å². The van der Waals surface area contributed by atoms with Gasteiger partial charge in [0.05, 0.1) is 21.7 Å². The standard InChI is InChI=1S/C21H19N3O3S2/c1-2-12-23-18-11-10-17(24(26)27)14-19(18)29-21(23)22-20(25)9-6-13-28-15-16-7-4-3-5-8-16/h1,3-5,7-8,10-11,14H,6,9,12-13,15H2. The van der Waals surface area contributed by atoms with Gasteiger partial charge in [-0.25, -0.2) is 0 Å². The van der Waals surface area contributed by atoms with Crippen molar-refractivity contribution >= 4 is 44.9 Å². The molecule has 0 atom stereocenters. The Bertz CT molecular complexity index is 1130. The number of nitro benzene ring substituents is 1. The van der Waals surface area contributed by atoms with Crippen LogP contribution in [0.25, 0.3) is 10.2 Å². The average molecular weight is 426 g/mol. The second-order valence-corrected chi connectivity index (χ2v) is 8.35. The molecule has 1 heterocycles. The predicted octanol–water partition coefficient (Wildman–Crippen LogP) is 4.39. The summed E-state index contributed by atoms with van der Waals surface area (Å²) in [5, 5.41) is 11.0. The Balaban J connectivity index is 1.66. The summed E-state index contributed by atoms with van der Waals surface area (Å²) in [7, 11) is 0. The van der Waals surface area contributed by atoms with Gasteiger partial charge in [0.25, 0.3) is 5.69 Å². The second-order valence-electron chi connectivity index (χ2n) is 6.23. The molecular weight excluding hydrogens is 406 g/mol. The Morgan fingerprint density at radius 2 is 2.07 bits per heavy atom. The molecule has 0 spiro atoms. The Kier molecular flexibility index (Phi) is 7.22. The number of non-ortho nitro benzene ring substituents is 1. The number of fused-ring (bicyclic) bond motifs is 1. The van der Waals surface area contributed by atoms with Gasteiger partial charge in [-0.2, -0.15) is 16.8 Å². The minimum Gasteiger partial charge on any atom is -0.305 e. The summed E-state index contributed by atoms with van der Waals surface area (Å²) in [5.41, 5.74) is 2.01. The zero-order valence-electron chi connectivity index (χ0n) is 15.6. The average Bonchev–Trinajstić information content (AvgIpc) is 3.05. The molecule has 6 nitrogen and oxygen atoms in total. The van der Waals surface area contributed by atoms with Gasteiger partial charge in [-0.1, -0.05) is 47.6 Å². The van der Waals surface area contributed by atoms with E-state index in [0.29, 0.717) is 15.9 Å². The molecule has 29 heavy (non-hydrogen) atoms. The lowest BCUT2D eigenvalue weighted by molar-refractivity contribution is -0.384. The lowest BCUT2D eigenvalue weighted by Crippen LogP contribution is -2.16. The fourth-order valence-corrected chi connectivity index (χ4v) is 4.76. The number of thioether (sulfide) groups is 1. The zero-order valence-corrected chi connectivity index (χ0v) is 17.2. The number of hydrogen-bond acceptors (Lipinski definition) is 5. The molecule has 0 aliphatic carbocycles. The van der Waals surface area contributed by atoms with Crippen LogP contribution in [0.5, 0.6) is 0 Å². The predicted molar refractivity (Wildman–Crippen MR) is 118 cm³/mol. The van der Waals surface area contributed by atoms with Crippen molar-refractivity contribution in [2.75, 3.05) is 5.75 Å². The minimum atomic E-state index is -0.445. The van der Waals surface area contributed by atoms with Gasteiger partial charge in [-0.3, -0.25) is 14.9 Å². The normalized spacial score (nSPS) is 11.5. The number of benzene rings is 2. The van der Waals surface area contributed by atoms with Crippen LogP contribution < -0.4 is 4.80 Å². The van der Waals surface area contributed by atoms with Gasteiger partial charge in [-0.05, 0) is 23.8 Å². The fraction of sp³-hybridized carbons (Fsp3) is 0.238. The molecule has 3 rings (SSSR count). The van der Waals surface area contributed by atoms with E-state index in [2.05, 4.69) is 23.0 Å². The van der Waals surface area contributed by atoms with Crippen molar-refractivity contribution in [2.24, 2.45) is 4.99 Å². The molecule has 0 aliphatic heterocycles. The first-order valence-corrected chi connectivity index (χ1v) is 11.0. The Morgan fingerprint density at radius 1 is 1.28 bits per heavy atom. The lowest BCUT2D eigenvalue weighted by Gasteiger charge is -2.01. The highest BCUT2D eigenvalue weighted by Gasteiger charge is 2.12. The number of carbonyl (C=O) groups is 1. The van der Waals surface area contributed by atoms with Crippen molar-refractivity contribution in [3.05, 3.63) is 69.0 Å². The van der Waals surface area contributed by atoms with Gasteiger partial charge in [0, 0.05) is 24.3 Å². The quantitative estimate of drug-likeness (QED) is 0.232. The van der Waals surface area contributed by atoms with E-state index in [1.165, 1.54) is 29.0 Å². The van der Waals surface area contributed by atoms with E-state index in [-0.39, 0.29) is 18.1 Å². The molecule has 1 amide bonds. The first-order chi connectivity index (χ1) is 14.1. The van der Waals surface area contributed by atoms with E-state index >= 15 is 0 Å². The summed E-state index contributed by atoms with van der Waals surface area (Å²) in [6.45, 7) is 0.247. The highest BCUT2D eigenvalue weighted by Crippen LogP contribution is 2.23. The van der Waals surface area contributed by atoms with Crippen molar-refractivity contribution in [1.82, 2.24) is 4.57 Å². The first kappa shape index (κ1) is 20.8. The van der Waals surface area contributed by atoms with Crippen molar-refractivity contribution in [2.45, 2.75) is 25.1 Å². The topological polar surface area (TPSA) is 77.5 Å². The van der Waals surface area contributed by atoms with Crippen LogP contribution in [0.3, 0.4) is 0 Å². The van der Waals surface area contributed by atoms with Gasteiger partial charge in [-0.15, -0.1) is 6.42 Å². The molecule has 148 valence electrons. The van der Waals surface area contributed by atoms with E-state index in [0.717, 1.165) is 23.4 Å². The van der Waals surface area contributed by atoms with Gasteiger partial charge in [0.15, 0.2) is 4.80 Å². The van der Waals surface area contributed by atoms with Crippen molar-refractivity contribution in [3.8, 4) is 12.3 Å². The van der Waals surface area contributed by atoms with Crippen LogP contribution in [-0.2, 0) is 17.1 Å². The van der Waals surface area contributed by atoms with Crippen molar-refractivity contribution in [1.29, 1.82) is 0 Å². The summed E-state index contributed by atoms with van der Waals surface area (Å²) >= 11 is 3.02. The largest absolute Gasteiger partial charge is 0.305 e. The summed E-state index contributed by atoms with van der Waals surface area (Å²) in [6, 6.07) is 14.8. The number of nitrogens with zero attached hydrogens (tertiary/aromatic N) is 3. The molecule has 0 radical (unpaired) electrons. The maximum atomic E-state index is 12.3. The smallest absolute Gasteiger partial charge is 0.270 e. The van der Waals surface area contributed by atoms with Gasteiger partial charge in [0.1, 0.15) is 0 Å². The number of amides is 1. The number of hydrogen-bond donors (Lipinski definition) is 0. The molecule has 0 unspecified atom stereocenters. The number of aromatic nitrogens is 1. The van der Waals surface area contributed by atoms with Crippen LogP contribution in [0.15, 0.2) is 53.5 Å². The SMILES string of the molecule is C#CCn1c(=NC(=O)CCCSCc2ccccc2)sc2cc([N+](=O)[O-])ccc21. The third-order valence-corrected chi connectivity index (χ3v) is 6.29. The highest BCUT2D eigenvalue weighted by atomic mass is 32.2. The van der Waals surface area contributed by atoms with Gasteiger partial charge >= 0.3 is 0 Å². The Labute approximate surface area is 176 Å². The zero-order chi connectivity index (χ0) is 20.6. The van der Waals surface area contributed by atoms with E-state index in [9.17, 15) is 14.9 Å². The van der Waals surface area contributed by atoms with Gasteiger partial charge < -0.3 is 4.57 Å². The molecule has 0 saturated heterocycles. The van der Waals surface area contributed by atoms with Crippen LogP contribution in [0.2, 0.25) is 0 Å². The van der Waals surface area contributed by atoms with Crippen LogP contribution in [0.4, 0.5) is 5.69 Å². The summed E-state index contributed by atoms with van der Waals surface area (Å²) in [6.07, 6.45) is 6.54. The Hall–Kier alpha value is -2.89. The first-order valence-electron chi connectivity index (χ1n) is 8.99. The number of terminal acetylenes is 1. The van der Waals surface area contributed by atoms with Gasteiger partial charge in [0.2, 0.25) is 5.91 Å². The van der Waals surface area contributed by atoms with E-state index in [1.54, 1.807) is 22.4 Å². The molecule has 0 bridgehead atoms. The summed E-state index contributed by atoms with van der Waals surface area (Å²) < 4.78 is 2.42. The number of nitro groups is 1. The number of carbonyl (C=O) groups excluding carboxylic acids is 1. The molecule has 0 aliphatic rings.